The molecule has 0 saturated carbocycles. The van der Waals surface area contributed by atoms with Crippen LogP contribution in [0.25, 0.3) is 0 Å². The summed E-state index contributed by atoms with van der Waals surface area (Å²) in [5.74, 6) is -6.70. The van der Waals surface area contributed by atoms with E-state index in [-0.39, 0.29) is 12.2 Å². The Morgan fingerprint density at radius 2 is 1.22 bits per heavy atom. The summed E-state index contributed by atoms with van der Waals surface area (Å²) in [7, 11) is 0. The Kier molecular flexibility index (Phi) is 11.3. The number of aromatic hydroxyl groups is 1. The molecule has 36 heavy (non-hydrogen) atoms. The van der Waals surface area contributed by atoms with Gasteiger partial charge < -0.3 is 48.5 Å². The Balaban J connectivity index is 3.04. The second-order valence-electron chi connectivity index (χ2n) is 8.00. The highest BCUT2D eigenvalue weighted by molar-refractivity contribution is 5.97. The fraction of sp³-hybridized carbons (Fsp3) is 0.429. The first-order valence-corrected chi connectivity index (χ1v) is 10.6. The number of primary amides is 2. The number of nitrogens with one attached hydrogen (secondary N) is 3. The molecule has 1 aromatic rings. The highest BCUT2D eigenvalue weighted by Crippen LogP contribution is 2.12. The van der Waals surface area contributed by atoms with Gasteiger partial charge in [0.1, 0.15) is 29.9 Å². The zero-order valence-corrected chi connectivity index (χ0v) is 19.3. The van der Waals surface area contributed by atoms with Gasteiger partial charge in [0.25, 0.3) is 0 Å². The van der Waals surface area contributed by atoms with E-state index in [0.29, 0.717) is 5.56 Å². The van der Waals surface area contributed by atoms with Gasteiger partial charge in [0, 0.05) is 6.42 Å². The van der Waals surface area contributed by atoms with Crippen molar-refractivity contribution in [2.75, 3.05) is 0 Å². The lowest BCUT2D eigenvalue weighted by atomic mass is 10.0. The Morgan fingerprint density at radius 1 is 0.806 bits per heavy atom. The quantitative estimate of drug-likeness (QED) is 0.117. The number of carboxylic acids is 1. The lowest BCUT2D eigenvalue weighted by molar-refractivity contribution is -0.142. The van der Waals surface area contributed by atoms with E-state index in [1.54, 1.807) is 0 Å². The van der Waals surface area contributed by atoms with Crippen LogP contribution in [0.3, 0.4) is 0 Å². The van der Waals surface area contributed by atoms with Crippen LogP contribution in [0.4, 0.5) is 0 Å². The summed E-state index contributed by atoms with van der Waals surface area (Å²) in [6.45, 7) is 1.22. The van der Waals surface area contributed by atoms with Crippen molar-refractivity contribution < 1.29 is 44.1 Å². The maximum absolute atomic E-state index is 12.8. The number of carbonyl (C=O) groups excluding carboxylic acids is 5. The van der Waals surface area contributed by atoms with E-state index in [1.165, 1.54) is 31.2 Å². The van der Waals surface area contributed by atoms with Crippen LogP contribution in [0.1, 0.15) is 25.3 Å². The molecule has 5 atom stereocenters. The summed E-state index contributed by atoms with van der Waals surface area (Å²) in [6.07, 6.45) is -2.95. The van der Waals surface area contributed by atoms with Gasteiger partial charge in [-0.25, -0.2) is 4.79 Å². The smallest absolute Gasteiger partial charge is 0.326 e. The number of hydrogen-bond donors (Lipinski definition) is 9. The molecular weight excluding hydrogens is 480 g/mol. The van der Waals surface area contributed by atoms with Gasteiger partial charge in [-0.1, -0.05) is 12.1 Å². The Morgan fingerprint density at radius 3 is 1.61 bits per heavy atom. The molecule has 1 rings (SSSR count). The van der Waals surface area contributed by atoms with Crippen LogP contribution >= 0.6 is 0 Å². The second kappa shape index (κ2) is 13.6. The molecule has 0 aromatic heterocycles. The first kappa shape index (κ1) is 29.8. The third kappa shape index (κ3) is 9.94. The number of carbonyl (C=O) groups is 6. The molecule has 198 valence electrons. The predicted molar refractivity (Wildman–Crippen MR) is 123 cm³/mol. The number of phenolic OH excluding ortho intramolecular Hbond substituents is 1. The lowest BCUT2D eigenvalue weighted by Crippen LogP contribution is -2.59. The zero-order chi connectivity index (χ0) is 27.6. The number of aliphatic hydroxyl groups excluding tert-OH is 1. The largest absolute Gasteiger partial charge is 0.508 e. The van der Waals surface area contributed by atoms with Crippen LogP contribution in [0.5, 0.6) is 5.75 Å². The minimum Gasteiger partial charge on any atom is -0.508 e. The predicted octanol–water partition coefficient (Wildman–Crippen LogP) is -4.07. The number of phenols is 1. The van der Waals surface area contributed by atoms with Gasteiger partial charge in [0.05, 0.1) is 18.9 Å². The van der Waals surface area contributed by atoms with E-state index in [0.717, 1.165) is 0 Å². The molecule has 0 radical (unpaired) electrons. The van der Waals surface area contributed by atoms with Crippen molar-refractivity contribution in [2.24, 2.45) is 17.2 Å². The van der Waals surface area contributed by atoms with E-state index >= 15 is 0 Å². The first-order chi connectivity index (χ1) is 16.7. The maximum Gasteiger partial charge on any atom is 0.326 e. The highest BCUT2D eigenvalue weighted by atomic mass is 16.4. The first-order valence-electron chi connectivity index (χ1n) is 10.6. The molecule has 0 aliphatic carbocycles. The minimum absolute atomic E-state index is 0.0501. The Bertz CT molecular complexity index is 983. The van der Waals surface area contributed by atoms with Crippen molar-refractivity contribution in [1.82, 2.24) is 16.0 Å². The Labute approximate surface area is 205 Å². The van der Waals surface area contributed by atoms with Gasteiger partial charge in [-0.15, -0.1) is 0 Å². The van der Waals surface area contributed by atoms with Crippen LogP contribution < -0.4 is 33.2 Å². The molecule has 15 heteroatoms. The lowest BCUT2D eigenvalue weighted by Gasteiger charge is -2.24. The molecule has 5 amide bonds. The SMILES string of the molecule is CC(O)C(N)C(=O)NC(CC(N)=O)C(=O)NC(CC(N)=O)C(=O)NC(Cc1ccc(O)cc1)C(=O)O. The number of aliphatic carboxylic acids is 1. The van der Waals surface area contributed by atoms with Crippen molar-refractivity contribution in [3.63, 3.8) is 0 Å². The van der Waals surface area contributed by atoms with Crippen LogP contribution in [-0.2, 0) is 35.2 Å². The monoisotopic (exact) mass is 510 g/mol. The van der Waals surface area contributed by atoms with Crippen molar-refractivity contribution in [3.8, 4) is 5.75 Å². The number of rotatable bonds is 14. The zero-order valence-electron chi connectivity index (χ0n) is 19.3. The summed E-state index contributed by atoms with van der Waals surface area (Å²) >= 11 is 0. The third-order valence-corrected chi connectivity index (χ3v) is 4.89. The molecule has 0 aliphatic rings. The molecular formula is C21H30N6O9. The second-order valence-corrected chi connectivity index (χ2v) is 8.00. The molecule has 5 unspecified atom stereocenters. The van der Waals surface area contributed by atoms with Gasteiger partial charge in [0.15, 0.2) is 0 Å². The third-order valence-electron chi connectivity index (χ3n) is 4.89. The van der Waals surface area contributed by atoms with Gasteiger partial charge >= 0.3 is 5.97 Å². The topological polar surface area (TPSA) is 277 Å². The standard InChI is InChI=1S/C21H30N6O9/c1-9(28)17(24)20(34)26-13(8-16(23)31)18(32)25-12(7-15(22)30)19(33)27-14(21(35)36)6-10-2-4-11(29)5-3-10/h2-5,9,12-14,17,28-29H,6-8,24H2,1H3,(H2,22,30)(H2,23,31)(H,25,32)(H,26,34)(H,27,33)(H,35,36). The number of aliphatic hydroxyl groups is 1. The van der Waals surface area contributed by atoms with E-state index in [1.807, 2.05) is 0 Å². The van der Waals surface area contributed by atoms with Crippen LogP contribution in [0.2, 0.25) is 0 Å². The van der Waals surface area contributed by atoms with Crippen LogP contribution in [0, 0.1) is 0 Å². The van der Waals surface area contributed by atoms with Crippen LogP contribution in [0.15, 0.2) is 24.3 Å². The molecule has 0 bridgehead atoms. The van der Waals surface area contributed by atoms with E-state index in [2.05, 4.69) is 16.0 Å². The van der Waals surface area contributed by atoms with E-state index in [9.17, 15) is 44.1 Å². The summed E-state index contributed by atoms with van der Waals surface area (Å²) in [6, 6.07) is -0.714. The van der Waals surface area contributed by atoms with Gasteiger partial charge in [0.2, 0.25) is 29.5 Å². The van der Waals surface area contributed by atoms with Gasteiger partial charge in [-0.2, -0.15) is 0 Å². The van der Waals surface area contributed by atoms with Crippen molar-refractivity contribution in [2.45, 2.75) is 56.5 Å². The normalized spacial score (nSPS) is 14.9. The van der Waals surface area contributed by atoms with E-state index < -0.39 is 78.6 Å². The number of nitrogens with two attached hydrogens (primary N) is 3. The van der Waals surface area contributed by atoms with Crippen LogP contribution in [-0.4, -0.2) is 81.1 Å². The number of amides is 5. The average molecular weight is 511 g/mol. The van der Waals surface area contributed by atoms with Crippen molar-refractivity contribution in [3.05, 3.63) is 29.8 Å². The molecule has 0 heterocycles. The summed E-state index contributed by atoms with van der Waals surface area (Å²) in [5, 5.41) is 34.7. The fourth-order valence-electron chi connectivity index (χ4n) is 2.92. The summed E-state index contributed by atoms with van der Waals surface area (Å²) in [5.41, 5.74) is 16.2. The molecule has 12 N–H and O–H groups in total. The molecule has 0 saturated heterocycles. The molecule has 1 aromatic carbocycles. The maximum atomic E-state index is 12.8. The number of hydrogen-bond acceptors (Lipinski definition) is 9. The molecule has 0 spiro atoms. The Hall–Kier alpha value is -4.24. The molecule has 0 fully saturated rings. The van der Waals surface area contributed by atoms with Gasteiger partial charge in [-0.3, -0.25) is 24.0 Å². The highest BCUT2D eigenvalue weighted by Gasteiger charge is 2.32. The number of benzene rings is 1. The van der Waals surface area contributed by atoms with Gasteiger partial charge in [-0.05, 0) is 24.6 Å². The van der Waals surface area contributed by atoms with Crippen molar-refractivity contribution in [1.29, 1.82) is 0 Å². The van der Waals surface area contributed by atoms with Crippen molar-refractivity contribution >= 4 is 35.5 Å². The fourth-order valence-corrected chi connectivity index (χ4v) is 2.92. The minimum atomic E-state index is -1.67. The molecule has 0 aliphatic heterocycles. The average Bonchev–Trinajstić information content (AvgIpc) is 2.77. The summed E-state index contributed by atoms with van der Waals surface area (Å²) in [4.78, 5) is 72.2. The summed E-state index contributed by atoms with van der Waals surface area (Å²) < 4.78 is 0. The number of carboxylic acid groups (broad SMARTS) is 1. The van der Waals surface area contributed by atoms with E-state index in [4.69, 9.17) is 17.2 Å². The molecule has 15 nitrogen and oxygen atoms in total.